The lowest BCUT2D eigenvalue weighted by molar-refractivity contribution is -0.151. The smallest absolute Gasteiger partial charge is 0.309 e. The van der Waals surface area contributed by atoms with Crippen LogP contribution in [0.4, 0.5) is 0 Å². The number of nitrogens with zero attached hydrogens (tertiary/aromatic N) is 2. The number of sulfonamides is 1. The fourth-order valence-corrected chi connectivity index (χ4v) is 4.49. The van der Waals surface area contributed by atoms with Gasteiger partial charge in [-0.15, -0.1) is 0 Å². The first kappa shape index (κ1) is 18.5. The first-order chi connectivity index (χ1) is 12.5. The van der Waals surface area contributed by atoms with E-state index in [2.05, 4.69) is 4.98 Å². The van der Waals surface area contributed by atoms with Crippen LogP contribution in [0.5, 0.6) is 0 Å². The minimum Gasteiger partial charge on any atom is -0.461 e. The first-order valence-corrected chi connectivity index (χ1v) is 10.0. The van der Waals surface area contributed by atoms with Gasteiger partial charge in [-0.3, -0.25) is 9.78 Å². The van der Waals surface area contributed by atoms with Gasteiger partial charge in [0.05, 0.1) is 5.92 Å². The zero-order valence-corrected chi connectivity index (χ0v) is 15.5. The van der Waals surface area contributed by atoms with Gasteiger partial charge in [-0.1, -0.05) is 29.8 Å². The minimum absolute atomic E-state index is 0.181. The van der Waals surface area contributed by atoms with Gasteiger partial charge in [0.1, 0.15) is 11.5 Å². The highest BCUT2D eigenvalue weighted by atomic mass is 32.2. The molecule has 138 valence electrons. The molecule has 0 atom stereocenters. The predicted octanol–water partition coefficient (Wildman–Crippen LogP) is 2.53. The van der Waals surface area contributed by atoms with Crippen LogP contribution in [0.3, 0.4) is 0 Å². The van der Waals surface area contributed by atoms with Crippen LogP contribution in [0.1, 0.15) is 24.0 Å². The summed E-state index contributed by atoms with van der Waals surface area (Å²) in [6.45, 7) is 2.85. The van der Waals surface area contributed by atoms with Gasteiger partial charge >= 0.3 is 5.97 Å². The van der Waals surface area contributed by atoms with Gasteiger partial charge in [-0.25, -0.2) is 8.42 Å². The molecule has 7 heteroatoms. The van der Waals surface area contributed by atoms with Crippen molar-refractivity contribution in [3.8, 4) is 0 Å². The molecule has 1 fully saturated rings. The van der Waals surface area contributed by atoms with Crippen LogP contribution in [0, 0.1) is 12.8 Å². The summed E-state index contributed by atoms with van der Waals surface area (Å²) in [7, 11) is -3.55. The van der Waals surface area contributed by atoms with Crippen LogP contribution in [0.2, 0.25) is 0 Å². The molecule has 2 aromatic rings. The third-order valence-electron chi connectivity index (χ3n) is 4.52. The van der Waals surface area contributed by atoms with Crippen molar-refractivity contribution in [3.63, 3.8) is 0 Å². The number of benzene rings is 1. The summed E-state index contributed by atoms with van der Waals surface area (Å²) in [6, 6.07) is 11.0. The van der Waals surface area contributed by atoms with Crippen molar-refractivity contribution in [3.05, 3.63) is 59.9 Å². The summed E-state index contributed by atoms with van der Waals surface area (Å²) in [5.74, 6) is -0.523. The molecule has 1 aromatic heterocycles. The summed E-state index contributed by atoms with van der Waals surface area (Å²) >= 11 is 0. The second kappa shape index (κ2) is 7.97. The van der Waals surface area contributed by atoms with Gasteiger partial charge in [0.2, 0.25) is 10.0 Å². The molecule has 3 rings (SSSR count). The second-order valence-corrected chi connectivity index (χ2v) is 8.40. The first-order valence-electron chi connectivity index (χ1n) is 8.59. The molecule has 0 amide bonds. The molecule has 26 heavy (non-hydrogen) atoms. The zero-order chi connectivity index (χ0) is 18.6. The van der Waals surface area contributed by atoms with Crippen molar-refractivity contribution in [1.82, 2.24) is 9.29 Å². The molecule has 0 saturated carbocycles. The van der Waals surface area contributed by atoms with Gasteiger partial charge in [-0.2, -0.15) is 4.31 Å². The Bertz CT molecular complexity index is 860. The van der Waals surface area contributed by atoms with E-state index in [4.69, 9.17) is 4.74 Å². The SMILES string of the molecule is Cc1cccc(COC(=O)C2CCN(S(=O)(=O)c3cccnc3)CC2)c1. The molecule has 0 radical (unpaired) electrons. The highest BCUT2D eigenvalue weighted by Gasteiger charge is 2.32. The topological polar surface area (TPSA) is 76.6 Å². The van der Waals surface area contributed by atoms with Crippen molar-refractivity contribution >= 4 is 16.0 Å². The fraction of sp³-hybridized carbons (Fsp3) is 0.368. The van der Waals surface area contributed by atoms with Crippen LogP contribution in [0.15, 0.2) is 53.7 Å². The summed E-state index contributed by atoms with van der Waals surface area (Å²) < 4.78 is 32.0. The molecule has 1 saturated heterocycles. The summed E-state index contributed by atoms with van der Waals surface area (Å²) in [5.41, 5.74) is 2.07. The van der Waals surface area contributed by atoms with Crippen LogP contribution >= 0.6 is 0 Å². The largest absolute Gasteiger partial charge is 0.461 e. The number of piperidine rings is 1. The van der Waals surface area contributed by atoms with Crippen molar-refractivity contribution in [2.24, 2.45) is 5.92 Å². The lowest BCUT2D eigenvalue weighted by Gasteiger charge is -2.30. The van der Waals surface area contributed by atoms with Crippen LogP contribution in [-0.2, 0) is 26.2 Å². The van der Waals surface area contributed by atoms with Gasteiger partial charge in [0.25, 0.3) is 0 Å². The van der Waals surface area contributed by atoms with E-state index in [-0.39, 0.29) is 23.4 Å². The van der Waals surface area contributed by atoms with Crippen LogP contribution in [-0.4, -0.2) is 36.8 Å². The molecule has 0 aliphatic carbocycles. The number of hydrogen-bond donors (Lipinski definition) is 0. The Hall–Kier alpha value is -2.25. The Morgan fingerprint density at radius 2 is 2.00 bits per heavy atom. The molecular formula is C19H22N2O4S. The van der Waals surface area contributed by atoms with Gasteiger partial charge in [0, 0.05) is 25.5 Å². The monoisotopic (exact) mass is 374 g/mol. The number of hydrogen-bond acceptors (Lipinski definition) is 5. The molecule has 1 aromatic carbocycles. The number of aromatic nitrogens is 1. The maximum atomic E-state index is 12.6. The van der Waals surface area contributed by atoms with Crippen LogP contribution in [0.25, 0.3) is 0 Å². The average Bonchev–Trinajstić information content (AvgIpc) is 2.67. The lowest BCUT2D eigenvalue weighted by Crippen LogP contribution is -2.40. The maximum absolute atomic E-state index is 12.6. The molecule has 2 heterocycles. The third kappa shape index (κ3) is 4.28. The highest BCUT2D eigenvalue weighted by Crippen LogP contribution is 2.24. The Balaban J connectivity index is 1.54. The average molecular weight is 374 g/mol. The van der Waals surface area contributed by atoms with E-state index < -0.39 is 10.0 Å². The van der Waals surface area contributed by atoms with Crippen molar-refractivity contribution < 1.29 is 17.9 Å². The molecule has 1 aliphatic heterocycles. The molecule has 0 N–H and O–H groups in total. The summed E-state index contributed by atoms with van der Waals surface area (Å²) in [6.07, 6.45) is 3.81. The summed E-state index contributed by atoms with van der Waals surface area (Å²) in [5, 5.41) is 0. The van der Waals surface area contributed by atoms with E-state index in [9.17, 15) is 13.2 Å². The van der Waals surface area contributed by atoms with E-state index in [1.165, 1.54) is 22.8 Å². The third-order valence-corrected chi connectivity index (χ3v) is 6.41. The van der Waals surface area contributed by atoms with Gasteiger partial charge in [-0.05, 0) is 37.5 Å². The summed E-state index contributed by atoms with van der Waals surface area (Å²) in [4.78, 5) is 16.3. The van der Waals surface area contributed by atoms with E-state index >= 15 is 0 Å². The second-order valence-electron chi connectivity index (χ2n) is 6.46. The maximum Gasteiger partial charge on any atom is 0.309 e. The van der Waals surface area contributed by atoms with Crippen molar-refractivity contribution in [2.45, 2.75) is 31.3 Å². The normalized spacial score (nSPS) is 16.3. The number of carbonyl (C=O) groups excluding carboxylic acids is 1. The lowest BCUT2D eigenvalue weighted by atomic mass is 9.98. The zero-order valence-electron chi connectivity index (χ0n) is 14.7. The minimum atomic E-state index is -3.55. The molecule has 0 spiro atoms. The van der Waals surface area contributed by atoms with Crippen molar-refractivity contribution in [1.29, 1.82) is 0 Å². The number of esters is 1. The fourth-order valence-electron chi connectivity index (χ4n) is 3.05. The predicted molar refractivity (Wildman–Crippen MR) is 96.7 cm³/mol. The van der Waals surface area contributed by atoms with E-state index in [1.54, 1.807) is 6.07 Å². The number of ether oxygens (including phenoxy) is 1. The van der Waals surface area contributed by atoms with Crippen molar-refractivity contribution in [2.75, 3.05) is 13.1 Å². The van der Waals surface area contributed by atoms with Gasteiger partial charge < -0.3 is 4.74 Å². The standard InChI is InChI=1S/C19H22N2O4S/c1-15-4-2-5-16(12-15)14-25-19(22)17-7-10-21(11-8-17)26(23,24)18-6-3-9-20-13-18/h2-6,9,12-13,17H,7-8,10-11,14H2,1H3. The van der Waals surface area contributed by atoms with E-state index in [0.29, 0.717) is 25.9 Å². The molecular weight excluding hydrogens is 352 g/mol. The Labute approximate surface area is 153 Å². The number of carbonyl (C=O) groups is 1. The molecule has 0 unspecified atom stereocenters. The Kier molecular flexibility index (Phi) is 5.68. The number of rotatable bonds is 5. The number of aryl methyl sites for hydroxylation is 1. The van der Waals surface area contributed by atoms with E-state index in [0.717, 1.165) is 11.1 Å². The Morgan fingerprint density at radius 3 is 2.65 bits per heavy atom. The number of pyridine rings is 1. The van der Waals surface area contributed by atoms with Crippen LogP contribution < -0.4 is 0 Å². The Morgan fingerprint density at radius 1 is 1.23 bits per heavy atom. The van der Waals surface area contributed by atoms with Gasteiger partial charge in [0.15, 0.2) is 0 Å². The highest BCUT2D eigenvalue weighted by molar-refractivity contribution is 7.89. The quantitative estimate of drug-likeness (QED) is 0.752. The molecule has 1 aliphatic rings. The molecule has 0 bridgehead atoms. The molecule has 6 nitrogen and oxygen atoms in total. The van der Waals surface area contributed by atoms with E-state index in [1.807, 2.05) is 31.2 Å².